The van der Waals surface area contributed by atoms with Gasteiger partial charge >= 0.3 is 5.97 Å². The second-order valence-corrected chi connectivity index (χ2v) is 7.30. The maximum atomic E-state index is 12.2. The fraction of sp³-hybridized carbons (Fsp3) is 0.0714. The molecule has 2 heterocycles. The van der Waals surface area contributed by atoms with Gasteiger partial charge in [0.2, 0.25) is 15.8 Å². The molecule has 14 heteroatoms. The third-order valence-corrected chi connectivity index (χ3v) is 5.12. The number of ether oxygens (including phenoxy) is 1. The lowest BCUT2D eigenvalue weighted by Crippen LogP contribution is -2.15. The predicted molar refractivity (Wildman–Crippen MR) is 95.8 cm³/mol. The molecule has 0 unspecified atom stereocenters. The average Bonchev–Trinajstić information content (AvgIpc) is 3.27. The van der Waals surface area contributed by atoms with Gasteiger partial charge in [-0.05, 0) is 17.3 Å². The number of tetrazole rings is 1. The molecular weight excluding hydrogens is 412 g/mol. The van der Waals surface area contributed by atoms with Crippen molar-refractivity contribution in [3.8, 4) is 23.1 Å². The third kappa shape index (κ3) is 3.16. The number of aromatic amines is 1. The minimum absolute atomic E-state index is 0.00823. The predicted octanol–water partition coefficient (Wildman–Crippen LogP) is 0.199. The summed E-state index contributed by atoms with van der Waals surface area (Å²) in [5.41, 5.74) is 5.84. The summed E-state index contributed by atoms with van der Waals surface area (Å²) in [6, 6.07) is 4.21. The van der Waals surface area contributed by atoms with Crippen LogP contribution in [0.4, 0.5) is 5.69 Å². The Bertz CT molecular complexity index is 1230. The number of nitrogen functional groups attached to an aromatic ring is 1. The maximum absolute atomic E-state index is 12.2. The first-order chi connectivity index (χ1) is 13.2. The van der Waals surface area contributed by atoms with Gasteiger partial charge in [0.1, 0.15) is 11.0 Å². The number of sulfonamides is 1. The van der Waals surface area contributed by atoms with Gasteiger partial charge in [-0.2, -0.15) is 10.5 Å². The number of nitrogens with two attached hydrogens (primary N) is 2. The quantitative estimate of drug-likeness (QED) is 0.491. The van der Waals surface area contributed by atoms with E-state index < -0.39 is 20.9 Å². The molecule has 0 aliphatic carbocycles. The molecule has 0 aliphatic rings. The van der Waals surface area contributed by atoms with Crippen LogP contribution in [0.25, 0.3) is 17.1 Å². The van der Waals surface area contributed by atoms with Gasteiger partial charge < -0.3 is 15.0 Å². The summed E-state index contributed by atoms with van der Waals surface area (Å²) >= 11 is 6.09. The summed E-state index contributed by atoms with van der Waals surface area (Å²) in [6.45, 7) is 0. The molecule has 3 rings (SSSR count). The lowest BCUT2D eigenvalue weighted by Gasteiger charge is -2.14. The number of nitrogens with zero attached hydrogens (tertiary/aromatic N) is 5. The molecule has 28 heavy (non-hydrogen) atoms. The number of rotatable bonds is 4. The number of aromatic nitrogens is 5. The number of methoxy groups -OCH3 is 1. The van der Waals surface area contributed by atoms with Gasteiger partial charge in [-0.1, -0.05) is 11.6 Å². The first-order valence-corrected chi connectivity index (χ1v) is 9.21. The lowest BCUT2D eigenvalue weighted by atomic mass is 10.1. The molecular formula is C14H11ClN8O4S. The number of carbonyl (C=O) groups excluding carboxylic acids is 1. The van der Waals surface area contributed by atoms with Crippen molar-refractivity contribution in [2.24, 2.45) is 5.14 Å². The molecule has 0 spiro atoms. The molecule has 0 saturated carbocycles. The van der Waals surface area contributed by atoms with Gasteiger partial charge in [-0.15, -0.1) is 10.2 Å². The van der Waals surface area contributed by atoms with Crippen LogP contribution in [0.2, 0.25) is 5.02 Å². The maximum Gasteiger partial charge on any atom is 0.357 e. The summed E-state index contributed by atoms with van der Waals surface area (Å²) < 4.78 is 29.6. The SMILES string of the molecule is COC(=O)c1c(N)c(C#N)cn1-c1cc(Cl)c(S(N)(=O)=O)cc1-c1nn[nH]n1. The molecule has 0 amide bonds. The Morgan fingerprint density at radius 3 is 2.68 bits per heavy atom. The van der Waals surface area contributed by atoms with E-state index in [4.69, 9.17) is 27.2 Å². The van der Waals surface area contributed by atoms with E-state index in [1.165, 1.54) is 16.8 Å². The summed E-state index contributed by atoms with van der Waals surface area (Å²) in [6.07, 6.45) is 1.27. The van der Waals surface area contributed by atoms with Crippen molar-refractivity contribution in [1.29, 1.82) is 5.26 Å². The minimum Gasteiger partial charge on any atom is -0.464 e. The number of esters is 1. The summed E-state index contributed by atoms with van der Waals surface area (Å²) in [7, 11) is -3.04. The zero-order chi connectivity index (χ0) is 20.6. The number of nitrogens with one attached hydrogen (secondary N) is 1. The van der Waals surface area contributed by atoms with Crippen LogP contribution in [0.5, 0.6) is 0 Å². The molecule has 3 aromatic rings. The fourth-order valence-electron chi connectivity index (χ4n) is 2.52. The number of nitriles is 1. The minimum atomic E-state index is -4.18. The molecule has 0 aliphatic heterocycles. The van der Waals surface area contributed by atoms with Gasteiger partial charge in [-0.25, -0.2) is 18.4 Å². The smallest absolute Gasteiger partial charge is 0.357 e. The molecule has 5 N–H and O–H groups in total. The highest BCUT2D eigenvalue weighted by atomic mass is 35.5. The van der Waals surface area contributed by atoms with E-state index in [-0.39, 0.29) is 39.0 Å². The molecule has 0 fully saturated rings. The van der Waals surface area contributed by atoms with Crippen molar-refractivity contribution in [3.05, 3.63) is 34.6 Å². The van der Waals surface area contributed by atoms with E-state index >= 15 is 0 Å². The van der Waals surface area contributed by atoms with Gasteiger partial charge in [-0.3, -0.25) is 0 Å². The highest BCUT2D eigenvalue weighted by Gasteiger charge is 2.26. The fourth-order valence-corrected chi connectivity index (χ4v) is 3.61. The van der Waals surface area contributed by atoms with E-state index in [0.29, 0.717) is 0 Å². The lowest BCUT2D eigenvalue weighted by molar-refractivity contribution is 0.0593. The second-order valence-electron chi connectivity index (χ2n) is 5.36. The molecule has 0 bridgehead atoms. The Balaban J connectivity index is 2.43. The Morgan fingerprint density at radius 2 is 2.14 bits per heavy atom. The zero-order valence-electron chi connectivity index (χ0n) is 14.0. The summed E-state index contributed by atoms with van der Waals surface area (Å²) in [4.78, 5) is 11.8. The molecule has 1 aromatic carbocycles. The van der Waals surface area contributed by atoms with E-state index in [2.05, 4.69) is 20.6 Å². The van der Waals surface area contributed by atoms with E-state index in [1.54, 1.807) is 0 Å². The van der Waals surface area contributed by atoms with Crippen LogP contribution in [-0.4, -0.2) is 46.7 Å². The molecule has 144 valence electrons. The van der Waals surface area contributed by atoms with Crippen molar-refractivity contribution in [2.75, 3.05) is 12.8 Å². The van der Waals surface area contributed by atoms with Crippen molar-refractivity contribution in [3.63, 3.8) is 0 Å². The van der Waals surface area contributed by atoms with E-state index in [0.717, 1.165) is 13.2 Å². The number of carbonyl (C=O) groups is 1. The number of H-pyrrole nitrogens is 1. The number of anilines is 1. The molecule has 2 aromatic heterocycles. The topological polar surface area (TPSA) is 196 Å². The Morgan fingerprint density at radius 1 is 1.43 bits per heavy atom. The Labute approximate surface area is 162 Å². The van der Waals surface area contributed by atoms with Crippen LogP contribution >= 0.6 is 11.6 Å². The van der Waals surface area contributed by atoms with Gasteiger partial charge in [0, 0.05) is 11.8 Å². The van der Waals surface area contributed by atoms with E-state index in [9.17, 15) is 18.5 Å². The molecule has 0 atom stereocenters. The Kier molecular flexibility index (Phi) is 4.77. The second kappa shape index (κ2) is 6.93. The standard InChI is InChI=1S/C14H11ClN8O4S/c1-27-14(24)12-11(17)6(4-16)5-23(12)9-3-8(15)10(28(18,25)26)2-7(9)13-19-21-22-20-13/h2-3,5H,17H2,1H3,(H2,18,25,26)(H,19,20,21,22). The van der Waals surface area contributed by atoms with Crippen LogP contribution in [0.15, 0.2) is 23.2 Å². The third-order valence-electron chi connectivity index (χ3n) is 3.75. The van der Waals surface area contributed by atoms with Crippen LogP contribution in [0.3, 0.4) is 0 Å². The highest BCUT2D eigenvalue weighted by Crippen LogP contribution is 2.35. The van der Waals surface area contributed by atoms with Gasteiger partial charge in [0.15, 0.2) is 5.69 Å². The van der Waals surface area contributed by atoms with Crippen LogP contribution in [0.1, 0.15) is 16.1 Å². The zero-order valence-corrected chi connectivity index (χ0v) is 15.6. The first-order valence-electron chi connectivity index (χ1n) is 7.28. The number of benzene rings is 1. The van der Waals surface area contributed by atoms with Crippen molar-refractivity contribution >= 4 is 33.3 Å². The Hall–Kier alpha value is -3.47. The van der Waals surface area contributed by atoms with Crippen LogP contribution in [0, 0.1) is 11.3 Å². The number of primary sulfonamides is 1. The average molecular weight is 423 g/mol. The monoisotopic (exact) mass is 422 g/mol. The first kappa shape index (κ1) is 19.3. The number of hydrogen-bond donors (Lipinski definition) is 3. The molecule has 12 nitrogen and oxygen atoms in total. The normalized spacial score (nSPS) is 11.2. The molecule has 0 saturated heterocycles. The van der Waals surface area contributed by atoms with Crippen molar-refractivity contribution in [1.82, 2.24) is 25.2 Å². The van der Waals surface area contributed by atoms with Gasteiger partial charge in [0.05, 0.1) is 29.1 Å². The highest BCUT2D eigenvalue weighted by molar-refractivity contribution is 7.89. The summed E-state index contributed by atoms with van der Waals surface area (Å²) in [5.74, 6) is -0.845. The number of halogens is 1. The number of hydrogen-bond acceptors (Lipinski definition) is 9. The van der Waals surface area contributed by atoms with Crippen LogP contribution in [-0.2, 0) is 14.8 Å². The molecule has 0 radical (unpaired) electrons. The van der Waals surface area contributed by atoms with E-state index in [1.807, 2.05) is 6.07 Å². The van der Waals surface area contributed by atoms with Gasteiger partial charge in [0.25, 0.3) is 0 Å². The summed E-state index contributed by atoms with van der Waals surface area (Å²) in [5, 5.41) is 27.5. The van der Waals surface area contributed by atoms with Crippen molar-refractivity contribution < 1.29 is 17.9 Å². The largest absolute Gasteiger partial charge is 0.464 e. The van der Waals surface area contributed by atoms with Crippen LogP contribution < -0.4 is 10.9 Å². The van der Waals surface area contributed by atoms with Crippen molar-refractivity contribution in [2.45, 2.75) is 4.90 Å².